The molecule has 38 heavy (non-hydrogen) atoms. The number of carbonyl (C=O) groups is 1. The van der Waals surface area contributed by atoms with Gasteiger partial charge in [-0.3, -0.25) is 14.3 Å². The van der Waals surface area contributed by atoms with E-state index in [1.807, 2.05) is 42.5 Å². The second kappa shape index (κ2) is 12.4. The van der Waals surface area contributed by atoms with Crippen molar-refractivity contribution in [3.63, 3.8) is 0 Å². The van der Waals surface area contributed by atoms with Crippen LogP contribution in [0.15, 0.2) is 51.7 Å². The van der Waals surface area contributed by atoms with Crippen molar-refractivity contribution >= 4 is 17.0 Å². The van der Waals surface area contributed by atoms with E-state index in [9.17, 15) is 14.9 Å². The van der Waals surface area contributed by atoms with Crippen molar-refractivity contribution in [2.75, 3.05) is 52.5 Å². The Bertz CT molecular complexity index is 1330. The summed E-state index contributed by atoms with van der Waals surface area (Å²) in [5.74, 6) is -0.619. The molecule has 3 heterocycles. The molecular formula is C28H33N5O5. The first-order valence-corrected chi connectivity index (χ1v) is 13.2. The van der Waals surface area contributed by atoms with Gasteiger partial charge in [0.25, 0.3) is 5.91 Å². The van der Waals surface area contributed by atoms with Crippen LogP contribution >= 0.6 is 0 Å². The summed E-state index contributed by atoms with van der Waals surface area (Å²) in [7, 11) is 0. The van der Waals surface area contributed by atoms with Gasteiger partial charge in [0.05, 0.1) is 24.8 Å². The molecule has 5 rings (SSSR count). The Morgan fingerprint density at radius 1 is 1.11 bits per heavy atom. The lowest BCUT2D eigenvalue weighted by molar-refractivity contribution is -0.132. The summed E-state index contributed by atoms with van der Waals surface area (Å²) >= 11 is 0. The smallest absolute Gasteiger partial charge is 0.408 e. The fourth-order valence-corrected chi connectivity index (χ4v) is 4.87. The van der Waals surface area contributed by atoms with Crippen LogP contribution in [0.1, 0.15) is 12.0 Å². The third-order valence-electron chi connectivity index (χ3n) is 7.05. The average molecular weight is 520 g/mol. The van der Waals surface area contributed by atoms with Crippen molar-refractivity contribution in [1.29, 1.82) is 5.26 Å². The predicted octanol–water partition coefficient (Wildman–Crippen LogP) is 1.52. The standard InChI is InChI=1S/C28H33N5O5/c29-18-23(31-27(34)26-19-30-8-1-13-37-26)16-20-2-4-21(5-3-20)22-6-7-25-24(17-22)33(28(35)38-25)10-9-32-11-14-36-15-12-32/h2-7,17,23,26,30H,1,8-16,19H2,(H,31,34). The number of fused-ring (bicyclic) bond motifs is 1. The third kappa shape index (κ3) is 6.31. The number of nitriles is 1. The molecule has 1 aromatic heterocycles. The Balaban J connectivity index is 1.25. The lowest BCUT2D eigenvalue weighted by Gasteiger charge is -2.26. The van der Waals surface area contributed by atoms with Crippen LogP contribution in [-0.2, 0) is 27.2 Å². The van der Waals surface area contributed by atoms with E-state index >= 15 is 0 Å². The van der Waals surface area contributed by atoms with Crippen molar-refractivity contribution in [3.8, 4) is 17.2 Å². The van der Waals surface area contributed by atoms with Gasteiger partial charge in [0.1, 0.15) is 12.1 Å². The van der Waals surface area contributed by atoms with E-state index in [-0.39, 0.29) is 11.7 Å². The molecule has 0 bridgehead atoms. The van der Waals surface area contributed by atoms with Crippen LogP contribution in [0.2, 0.25) is 0 Å². The number of benzene rings is 2. The highest BCUT2D eigenvalue weighted by molar-refractivity contribution is 5.82. The minimum atomic E-state index is -0.650. The summed E-state index contributed by atoms with van der Waals surface area (Å²) in [6, 6.07) is 15.2. The normalized spacial score (nSPS) is 19.5. The van der Waals surface area contributed by atoms with Crippen LogP contribution < -0.4 is 16.4 Å². The maximum absolute atomic E-state index is 12.6. The van der Waals surface area contributed by atoms with Crippen LogP contribution in [0, 0.1) is 11.3 Å². The molecule has 1 amide bonds. The molecule has 2 fully saturated rings. The number of hydrogen-bond acceptors (Lipinski definition) is 8. The number of nitrogens with zero attached hydrogens (tertiary/aromatic N) is 3. The lowest BCUT2D eigenvalue weighted by Crippen LogP contribution is -2.46. The minimum Gasteiger partial charge on any atom is -0.408 e. The molecular weight excluding hydrogens is 486 g/mol. The molecule has 0 radical (unpaired) electrons. The predicted molar refractivity (Wildman–Crippen MR) is 142 cm³/mol. The number of oxazole rings is 1. The maximum atomic E-state index is 12.6. The molecule has 200 valence electrons. The largest absolute Gasteiger partial charge is 0.419 e. The Labute approximate surface area is 221 Å². The zero-order chi connectivity index (χ0) is 26.3. The fourth-order valence-electron chi connectivity index (χ4n) is 4.87. The topological polar surface area (TPSA) is 122 Å². The highest BCUT2D eigenvalue weighted by Gasteiger charge is 2.23. The lowest BCUT2D eigenvalue weighted by atomic mass is 10.0. The van der Waals surface area contributed by atoms with Crippen LogP contribution in [0.25, 0.3) is 22.2 Å². The first-order chi connectivity index (χ1) is 18.6. The highest BCUT2D eigenvalue weighted by Crippen LogP contribution is 2.25. The Hall–Kier alpha value is -3.49. The number of nitrogens with one attached hydrogen (secondary N) is 2. The molecule has 0 spiro atoms. The Morgan fingerprint density at radius 2 is 1.89 bits per heavy atom. The van der Waals surface area contributed by atoms with Crippen molar-refractivity contribution in [2.24, 2.45) is 0 Å². The van der Waals surface area contributed by atoms with Crippen molar-refractivity contribution in [3.05, 3.63) is 58.6 Å². The molecule has 3 aromatic rings. The molecule has 0 saturated carbocycles. The number of carbonyl (C=O) groups excluding carboxylic acids is 1. The molecule has 2 saturated heterocycles. The van der Waals surface area contributed by atoms with Gasteiger partial charge in [0.15, 0.2) is 5.58 Å². The first kappa shape index (κ1) is 26.1. The number of ether oxygens (including phenoxy) is 2. The molecule has 2 N–H and O–H groups in total. The van der Waals surface area contributed by atoms with E-state index in [2.05, 4.69) is 21.6 Å². The number of amides is 1. The highest BCUT2D eigenvalue weighted by atomic mass is 16.5. The quantitative estimate of drug-likeness (QED) is 0.460. The van der Waals surface area contributed by atoms with Crippen molar-refractivity contribution in [1.82, 2.24) is 20.1 Å². The summed E-state index contributed by atoms with van der Waals surface area (Å²) in [5, 5.41) is 15.6. The fraction of sp³-hybridized carbons (Fsp3) is 0.464. The van der Waals surface area contributed by atoms with Crippen molar-refractivity contribution in [2.45, 2.75) is 31.5 Å². The van der Waals surface area contributed by atoms with E-state index in [1.54, 1.807) is 4.57 Å². The summed E-state index contributed by atoms with van der Waals surface area (Å²) in [5.41, 5.74) is 4.23. The van der Waals surface area contributed by atoms with Gasteiger partial charge >= 0.3 is 5.76 Å². The zero-order valence-electron chi connectivity index (χ0n) is 21.4. The number of morpholine rings is 1. The summed E-state index contributed by atoms with van der Waals surface area (Å²) < 4.78 is 18.2. The minimum absolute atomic E-state index is 0.268. The van der Waals surface area contributed by atoms with E-state index < -0.39 is 12.1 Å². The Kier molecular flexibility index (Phi) is 8.51. The van der Waals surface area contributed by atoms with E-state index in [0.717, 1.165) is 68.0 Å². The van der Waals surface area contributed by atoms with E-state index in [0.29, 0.717) is 31.7 Å². The molecule has 0 aliphatic carbocycles. The molecule has 2 aliphatic rings. The van der Waals surface area contributed by atoms with Gasteiger partial charge in [-0.2, -0.15) is 5.26 Å². The summed E-state index contributed by atoms with van der Waals surface area (Å²) in [6.07, 6.45) is 0.669. The van der Waals surface area contributed by atoms with Gasteiger partial charge in [-0.15, -0.1) is 0 Å². The molecule has 10 nitrogen and oxygen atoms in total. The van der Waals surface area contributed by atoms with Gasteiger partial charge in [0, 0.05) is 45.8 Å². The molecule has 2 aliphatic heterocycles. The summed E-state index contributed by atoms with van der Waals surface area (Å²) in [6.45, 7) is 6.27. The van der Waals surface area contributed by atoms with E-state index in [1.165, 1.54) is 0 Å². The Morgan fingerprint density at radius 3 is 2.68 bits per heavy atom. The average Bonchev–Trinajstić information content (AvgIpc) is 3.09. The zero-order valence-corrected chi connectivity index (χ0v) is 21.4. The van der Waals surface area contributed by atoms with Gasteiger partial charge in [-0.1, -0.05) is 30.3 Å². The molecule has 10 heteroatoms. The maximum Gasteiger partial charge on any atom is 0.419 e. The third-order valence-corrected chi connectivity index (χ3v) is 7.05. The number of hydrogen-bond donors (Lipinski definition) is 2. The van der Waals surface area contributed by atoms with E-state index in [4.69, 9.17) is 13.9 Å². The number of aromatic nitrogens is 1. The monoisotopic (exact) mass is 519 g/mol. The number of rotatable bonds is 8. The van der Waals surface area contributed by atoms with Crippen LogP contribution in [0.3, 0.4) is 0 Å². The molecule has 2 unspecified atom stereocenters. The first-order valence-electron chi connectivity index (χ1n) is 13.2. The van der Waals surface area contributed by atoms with Crippen molar-refractivity contribution < 1.29 is 18.7 Å². The van der Waals surface area contributed by atoms with Gasteiger partial charge in [0.2, 0.25) is 0 Å². The van der Waals surface area contributed by atoms with Gasteiger partial charge in [-0.25, -0.2) is 4.79 Å². The van der Waals surface area contributed by atoms with Crippen LogP contribution in [0.4, 0.5) is 0 Å². The molecule has 2 aromatic carbocycles. The van der Waals surface area contributed by atoms with Crippen LogP contribution in [-0.4, -0.2) is 80.1 Å². The second-order valence-corrected chi connectivity index (χ2v) is 9.66. The SMILES string of the molecule is N#CC(Cc1ccc(-c2ccc3oc(=O)n(CCN4CCOCC4)c3c2)cc1)NC(=O)C1CNCCCO1. The second-order valence-electron chi connectivity index (χ2n) is 9.66. The summed E-state index contributed by atoms with van der Waals surface area (Å²) in [4.78, 5) is 27.4. The van der Waals surface area contributed by atoms with Crippen LogP contribution in [0.5, 0.6) is 0 Å². The van der Waals surface area contributed by atoms with Gasteiger partial charge in [-0.05, 0) is 41.8 Å². The molecule has 2 atom stereocenters. The van der Waals surface area contributed by atoms with Gasteiger partial charge < -0.3 is 24.5 Å².